The third kappa shape index (κ3) is 4.38. The van der Waals surface area contributed by atoms with Gasteiger partial charge in [0.2, 0.25) is 5.91 Å². The minimum atomic E-state index is -3.57. The number of nitrogens with one attached hydrogen (secondary N) is 1. The Bertz CT molecular complexity index is 923. The lowest BCUT2D eigenvalue weighted by molar-refractivity contribution is -0.115. The van der Waals surface area contributed by atoms with Gasteiger partial charge in [0, 0.05) is 11.3 Å². The number of nitrogens with zero attached hydrogens (tertiary/aromatic N) is 1. The summed E-state index contributed by atoms with van der Waals surface area (Å²) in [4.78, 5) is 13.2. The van der Waals surface area contributed by atoms with Crippen molar-refractivity contribution in [2.24, 2.45) is 0 Å². The fraction of sp³-hybridized carbons (Fsp3) is 0.294. The van der Waals surface area contributed by atoms with Crippen LogP contribution in [0.15, 0.2) is 29.2 Å². The smallest absolute Gasteiger partial charge is 0.226 e. The first kappa shape index (κ1) is 19.0. The third-order valence-electron chi connectivity index (χ3n) is 3.77. The van der Waals surface area contributed by atoms with Gasteiger partial charge in [-0.3, -0.25) is 4.79 Å². The number of thiophene rings is 1. The molecule has 1 aromatic carbocycles. The molecule has 132 valence electrons. The third-order valence-corrected chi connectivity index (χ3v) is 6.62. The summed E-state index contributed by atoms with van der Waals surface area (Å²) in [5.41, 5.74) is 1.25. The number of anilines is 1. The molecule has 0 atom stereocenters. The predicted octanol–water partition coefficient (Wildman–Crippen LogP) is 3.05. The van der Waals surface area contributed by atoms with Gasteiger partial charge < -0.3 is 10.1 Å². The van der Waals surface area contributed by atoms with E-state index in [4.69, 9.17) is 4.74 Å². The van der Waals surface area contributed by atoms with E-state index >= 15 is 0 Å². The molecular formula is C17H18N2O4S2. The fourth-order valence-corrected chi connectivity index (χ4v) is 4.43. The summed E-state index contributed by atoms with van der Waals surface area (Å²) in [7, 11) is -2.07. The fourth-order valence-electron chi connectivity index (χ4n) is 2.17. The van der Waals surface area contributed by atoms with Crippen LogP contribution in [0.25, 0.3) is 0 Å². The molecular weight excluding hydrogens is 360 g/mol. The van der Waals surface area contributed by atoms with Crippen LogP contribution >= 0.6 is 11.3 Å². The van der Waals surface area contributed by atoms with Gasteiger partial charge >= 0.3 is 0 Å². The Kier molecular flexibility index (Phi) is 5.82. The first-order chi connectivity index (χ1) is 11.8. The highest BCUT2D eigenvalue weighted by Crippen LogP contribution is 2.31. The van der Waals surface area contributed by atoms with E-state index in [0.29, 0.717) is 16.3 Å². The zero-order valence-electron chi connectivity index (χ0n) is 14.1. The second-order valence-corrected chi connectivity index (χ2v) is 8.73. The molecule has 2 rings (SSSR count). The SMILES string of the molecule is COc1ccc(S(=O)(=O)CCC(=O)Nc2sc(C)c(C)c2C#N)cc1. The summed E-state index contributed by atoms with van der Waals surface area (Å²) in [5.74, 6) is -0.185. The Morgan fingerprint density at radius 3 is 2.48 bits per heavy atom. The van der Waals surface area contributed by atoms with Crippen molar-refractivity contribution in [1.29, 1.82) is 5.26 Å². The van der Waals surface area contributed by atoms with Gasteiger partial charge in [0.15, 0.2) is 9.84 Å². The van der Waals surface area contributed by atoms with Crippen LogP contribution in [0, 0.1) is 25.2 Å². The Morgan fingerprint density at radius 2 is 1.92 bits per heavy atom. The second kappa shape index (κ2) is 7.68. The van der Waals surface area contributed by atoms with Gasteiger partial charge in [-0.2, -0.15) is 5.26 Å². The molecule has 0 aliphatic carbocycles. The van der Waals surface area contributed by atoms with Crippen LogP contribution in [0.5, 0.6) is 5.75 Å². The maximum atomic E-state index is 12.3. The van der Waals surface area contributed by atoms with Crippen LogP contribution in [0.4, 0.5) is 5.00 Å². The molecule has 0 aliphatic rings. The van der Waals surface area contributed by atoms with Crippen LogP contribution in [0.2, 0.25) is 0 Å². The summed E-state index contributed by atoms with van der Waals surface area (Å²) >= 11 is 1.31. The summed E-state index contributed by atoms with van der Waals surface area (Å²) in [5, 5.41) is 12.3. The monoisotopic (exact) mass is 378 g/mol. The van der Waals surface area contributed by atoms with Crippen molar-refractivity contribution in [3.05, 3.63) is 40.3 Å². The quantitative estimate of drug-likeness (QED) is 0.833. The number of benzene rings is 1. The Balaban J connectivity index is 2.04. The maximum Gasteiger partial charge on any atom is 0.226 e. The van der Waals surface area contributed by atoms with Crippen LogP contribution in [0.3, 0.4) is 0 Å². The van der Waals surface area contributed by atoms with Gasteiger partial charge in [0.25, 0.3) is 0 Å². The first-order valence-corrected chi connectivity index (χ1v) is 9.92. The number of hydrogen-bond acceptors (Lipinski definition) is 6. The molecule has 1 aromatic heterocycles. The topological polar surface area (TPSA) is 96.3 Å². The molecule has 1 heterocycles. The predicted molar refractivity (Wildman–Crippen MR) is 96.8 cm³/mol. The lowest BCUT2D eigenvalue weighted by Crippen LogP contribution is -2.17. The number of rotatable bonds is 6. The van der Waals surface area contributed by atoms with E-state index in [1.807, 2.05) is 13.8 Å². The number of amides is 1. The van der Waals surface area contributed by atoms with E-state index in [-0.39, 0.29) is 17.1 Å². The molecule has 8 heteroatoms. The molecule has 1 N–H and O–H groups in total. The standard InChI is InChI=1S/C17H18N2O4S2/c1-11-12(2)24-17(15(11)10-18)19-16(20)8-9-25(21,22)14-6-4-13(23-3)5-7-14/h4-7H,8-9H2,1-3H3,(H,19,20). The van der Waals surface area contributed by atoms with Gasteiger partial charge in [-0.05, 0) is 43.7 Å². The van der Waals surface area contributed by atoms with Gasteiger partial charge in [0.05, 0.1) is 23.3 Å². The van der Waals surface area contributed by atoms with Gasteiger partial charge in [-0.1, -0.05) is 0 Å². The van der Waals surface area contributed by atoms with Crippen LogP contribution in [0.1, 0.15) is 22.4 Å². The van der Waals surface area contributed by atoms with Crippen molar-refractivity contribution in [3.63, 3.8) is 0 Å². The lowest BCUT2D eigenvalue weighted by atomic mass is 10.2. The molecule has 1 amide bonds. The van der Waals surface area contributed by atoms with Crippen molar-refractivity contribution in [3.8, 4) is 11.8 Å². The van der Waals surface area contributed by atoms with Gasteiger partial charge in [-0.25, -0.2) is 8.42 Å². The van der Waals surface area contributed by atoms with E-state index in [1.54, 1.807) is 12.1 Å². The zero-order chi connectivity index (χ0) is 18.6. The minimum absolute atomic E-state index is 0.140. The largest absolute Gasteiger partial charge is 0.497 e. The average molecular weight is 378 g/mol. The molecule has 25 heavy (non-hydrogen) atoms. The van der Waals surface area contributed by atoms with Crippen LogP contribution in [-0.2, 0) is 14.6 Å². The molecule has 0 saturated heterocycles. The Hall–Kier alpha value is -2.37. The lowest BCUT2D eigenvalue weighted by Gasteiger charge is -2.06. The molecule has 0 radical (unpaired) electrons. The van der Waals surface area contributed by atoms with Crippen LogP contribution in [-0.4, -0.2) is 27.2 Å². The molecule has 0 unspecified atom stereocenters. The highest BCUT2D eigenvalue weighted by atomic mass is 32.2. The van der Waals surface area contributed by atoms with E-state index < -0.39 is 15.7 Å². The number of carbonyl (C=O) groups excluding carboxylic acids is 1. The molecule has 0 aliphatic heterocycles. The van der Waals surface area contributed by atoms with Gasteiger partial charge in [-0.15, -0.1) is 11.3 Å². The summed E-state index contributed by atoms with van der Waals surface area (Å²) in [6.45, 7) is 3.68. The number of hydrogen-bond donors (Lipinski definition) is 1. The molecule has 0 fully saturated rings. The highest BCUT2D eigenvalue weighted by molar-refractivity contribution is 7.91. The summed E-state index contributed by atoms with van der Waals surface area (Å²) < 4.78 is 29.6. The number of sulfone groups is 1. The van der Waals surface area contributed by atoms with E-state index in [2.05, 4.69) is 11.4 Å². The minimum Gasteiger partial charge on any atom is -0.497 e. The van der Waals surface area contributed by atoms with Gasteiger partial charge in [0.1, 0.15) is 16.8 Å². The maximum absolute atomic E-state index is 12.3. The second-order valence-electron chi connectivity index (χ2n) is 5.39. The normalized spacial score (nSPS) is 11.0. The number of ether oxygens (including phenoxy) is 1. The summed E-state index contributed by atoms with van der Waals surface area (Å²) in [6.07, 6.45) is -0.185. The van der Waals surface area contributed by atoms with E-state index in [9.17, 15) is 18.5 Å². The molecule has 0 bridgehead atoms. The van der Waals surface area contributed by atoms with Crippen molar-refractivity contribution in [2.75, 3.05) is 18.2 Å². The number of carbonyl (C=O) groups is 1. The van der Waals surface area contributed by atoms with Crippen LogP contribution < -0.4 is 10.1 Å². The molecule has 0 spiro atoms. The van der Waals surface area contributed by atoms with Crippen molar-refractivity contribution < 1.29 is 17.9 Å². The summed E-state index contributed by atoms with van der Waals surface area (Å²) in [6, 6.07) is 8.08. The number of nitriles is 1. The average Bonchev–Trinajstić information content (AvgIpc) is 2.86. The van der Waals surface area contributed by atoms with Crippen molar-refractivity contribution in [2.45, 2.75) is 25.2 Å². The highest BCUT2D eigenvalue weighted by Gasteiger charge is 2.19. The molecule has 6 nitrogen and oxygen atoms in total. The number of methoxy groups -OCH3 is 1. The Morgan fingerprint density at radius 1 is 1.28 bits per heavy atom. The first-order valence-electron chi connectivity index (χ1n) is 7.45. The van der Waals surface area contributed by atoms with Crippen molar-refractivity contribution in [1.82, 2.24) is 0 Å². The number of aryl methyl sites for hydroxylation is 1. The van der Waals surface area contributed by atoms with Crippen molar-refractivity contribution >= 4 is 32.1 Å². The van der Waals surface area contributed by atoms with E-state index in [1.165, 1.54) is 30.6 Å². The van der Waals surface area contributed by atoms with E-state index in [0.717, 1.165) is 10.4 Å². The molecule has 2 aromatic rings. The molecule has 0 saturated carbocycles. The zero-order valence-corrected chi connectivity index (χ0v) is 15.8. The Labute approximate surface area is 151 Å².